The van der Waals surface area contributed by atoms with Crippen molar-refractivity contribution in [3.63, 3.8) is 0 Å². The van der Waals surface area contributed by atoms with Gasteiger partial charge in [-0.05, 0) is 37.2 Å². The van der Waals surface area contributed by atoms with Gasteiger partial charge in [0.25, 0.3) is 0 Å². The Bertz CT molecular complexity index is 694. The molecule has 1 spiro atoms. The Morgan fingerprint density at radius 2 is 1.79 bits per heavy atom. The average Bonchev–Trinajstić information content (AvgIpc) is 2.57. The highest BCUT2D eigenvalue weighted by Gasteiger charge is 2.46. The van der Waals surface area contributed by atoms with Crippen molar-refractivity contribution in [2.45, 2.75) is 32.1 Å². The van der Waals surface area contributed by atoms with E-state index in [1.54, 1.807) is 4.31 Å². The minimum atomic E-state index is -3.12. The molecule has 0 aromatic heterocycles. The Hall–Kier alpha value is -1.40. The maximum Gasteiger partial charge on any atom is 0.230 e. The number of likely N-dealkylation sites (tertiary alicyclic amines) is 1. The van der Waals surface area contributed by atoms with Gasteiger partial charge in [0.15, 0.2) is 0 Å². The highest BCUT2D eigenvalue weighted by Crippen LogP contribution is 2.45. The Morgan fingerprint density at radius 3 is 2.33 bits per heavy atom. The number of sulfonamides is 1. The molecule has 2 aliphatic rings. The topological polar surface area (TPSA) is 57.7 Å². The zero-order valence-electron chi connectivity index (χ0n) is 14.4. The first-order valence-corrected chi connectivity index (χ1v) is 10.5. The van der Waals surface area contributed by atoms with Gasteiger partial charge in [0.1, 0.15) is 0 Å². The first-order valence-electron chi connectivity index (χ1n) is 8.63. The highest BCUT2D eigenvalue weighted by atomic mass is 32.2. The second-order valence-electron chi connectivity index (χ2n) is 7.18. The summed E-state index contributed by atoms with van der Waals surface area (Å²) in [5, 5.41) is 0. The number of hydrogen-bond acceptors (Lipinski definition) is 3. The molecule has 2 saturated heterocycles. The highest BCUT2D eigenvalue weighted by molar-refractivity contribution is 7.88. The van der Waals surface area contributed by atoms with Crippen LogP contribution in [0.2, 0.25) is 0 Å². The smallest absolute Gasteiger partial charge is 0.230 e. The first-order chi connectivity index (χ1) is 11.3. The summed E-state index contributed by atoms with van der Waals surface area (Å²) < 4.78 is 25.1. The minimum Gasteiger partial charge on any atom is -0.342 e. The summed E-state index contributed by atoms with van der Waals surface area (Å²) in [6, 6.07) is 9.98. The summed E-state index contributed by atoms with van der Waals surface area (Å²) in [7, 11) is -3.12. The van der Waals surface area contributed by atoms with Crippen LogP contribution in [0.5, 0.6) is 0 Å². The summed E-state index contributed by atoms with van der Waals surface area (Å²) in [4.78, 5) is 14.8. The fourth-order valence-electron chi connectivity index (χ4n) is 4.16. The van der Waals surface area contributed by atoms with Gasteiger partial charge >= 0.3 is 0 Å². The molecule has 0 N–H and O–H groups in total. The first kappa shape index (κ1) is 17.4. The number of carbonyl (C=O) groups excluding carboxylic acids is 1. The van der Waals surface area contributed by atoms with Crippen molar-refractivity contribution >= 4 is 15.9 Å². The maximum absolute atomic E-state index is 12.8. The quantitative estimate of drug-likeness (QED) is 0.838. The van der Waals surface area contributed by atoms with Crippen molar-refractivity contribution < 1.29 is 13.2 Å². The molecule has 3 rings (SSSR count). The van der Waals surface area contributed by atoms with Crippen molar-refractivity contribution in [3.05, 3.63) is 35.9 Å². The van der Waals surface area contributed by atoms with Gasteiger partial charge in [0.05, 0.1) is 12.2 Å². The molecule has 1 amide bonds. The molecule has 0 aliphatic carbocycles. The number of piperidine rings is 2. The van der Waals surface area contributed by atoms with Crippen LogP contribution in [0.4, 0.5) is 0 Å². The van der Waals surface area contributed by atoms with E-state index in [1.165, 1.54) is 6.26 Å². The molecule has 0 bridgehead atoms. The van der Waals surface area contributed by atoms with Crippen molar-refractivity contribution in [3.8, 4) is 0 Å². The van der Waals surface area contributed by atoms with Crippen LogP contribution in [-0.4, -0.2) is 56.0 Å². The third-order valence-electron chi connectivity index (χ3n) is 5.61. The van der Waals surface area contributed by atoms with Gasteiger partial charge in [0.2, 0.25) is 15.9 Å². The van der Waals surface area contributed by atoms with Crippen molar-refractivity contribution in [2.75, 3.05) is 32.4 Å². The largest absolute Gasteiger partial charge is 0.342 e. The van der Waals surface area contributed by atoms with Gasteiger partial charge in [-0.15, -0.1) is 0 Å². The van der Waals surface area contributed by atoms with E-state index in [9.17, 15) is 13.2 Å². The lowest BCUT2D eigenvalue weighted by Crippen LogP contribution is -2.54. The monoisotopic (exact) mass is 350 g/mol. The fraction of sp³-hybridized carbons (Fsp3) is 0.611. The molecule has 2 heterocycles. The molecule has 0 saturated carbocycles. The summed E-state index contributed by atoms with van der Waals surface area (Å²) >= 11 is 0. The van der Waals surface area contributed by atoms with E-state index in [1.807, 2.05) is 42.2 Å². The number of nitrogens with zero attached hydrogens (tertiary/aromatic N) is 2. The van der Waals surface area contributed by atoms with Gasteiger partial charge in [-0.1, -0.05) is 30.3 Å². The van der Waals surface area contributed by atoms with E-state index in [0.717, 1.165) is 31.4 Å². The average molecular weight is 350 g/mol. The van der Waals surface area contributed by atoms with E-state index >= 15 is 0 Å². The number of carbonyl (C=O) groups is 1. The molecule has 132 valence electrons. The fourth-order valence-corrected chi connectivity index (χ4v) is 5.00. The van der Waals surface area contributed by atoms with E-state index in [4.69, 9.17) is 0 Å². The molecule has 5 nitrogen and oxygen atoms in total. The summed E-state index contributed by atoms with van der Waals surface area (Å²) in [6.07, 6.45) is 3.75. The second kappa shape index (κ2) is 6.48. The third kappa shape index (κ3) is 3.35. The molecule has 2 aliphatic heterocycles. The molecule has 1 aromatic rings. The summed E-state index contributed by atoms with van der Waals surface area (Å²) in [6.45, 7) is 4.60. The van der Waals surface area contributed by atoms with E-state index in [2.05, 4.69) is 0 Å². The zero-order chi connectivity index (χ0) is 17.4. The molecule has 24 heavy (non-hydrogen) atoms. The van der Waals surface area contributed by atoms with Crippen LogP contribution < -0.4 is 0 Å². The van der Waals surface area contributed by atoms with Crippen LogP contribution in [0.3, 0.4) is 0 Å². The molecule has 6 heteroatoms. The molecule has 1 unspecified atom stereocenters. The number of amides is 1. The Morgan fingerprint density at radius 1 is 1.17 bits per heavy atom. The summed E-state index contributed by atoms with van der Waals surface area (Å²) in [5.41, 5.74) is 1.11. The van der Waals surface area contributed by atoms with Crippen LogP contribution in [0.15, 0.2) is 30.3 Å². The van der Waals surface area contributed by atoms with Crippen molar-refractivity contribution in [2.24, 2.45) is 5.41 Å². The van der Waals surface area contributed by atoms with E-state index in [0.29, 0.717) is 19.6 Å². The number of hydrogen-bond donors (Lipinski definition) is 0. The predicted octanol–water partition coefficient (Wildman–Crippen LogP) is 2.06. The SMILES string of the molecule is CCN1CC2(CCN(S(C)(=O)=O)CC2)CC(c2ccccc2)C1=O. The number of rotatable bonds is 3. The van der Waals surface area contributed by atoms with Crippen molar-refractivity contribution in [1.82, 2.24) is 9.21 Å². The third-order valence-corrected chi connectivity index (χ3v) is 6.91. The Kier molecular flexibility index (Phi) is 4.71. The molecule has 1 aromatic carbocycles. The van der Waals surface area contributed by atoms with Gasteiger partial charge in [0, 0.05) is 26.2 Å². The number of likely N-dealkylation sites (N-methyl/N-ethyl adjacent to an activating group) is 1. The van der Waals surface area contributed by atoms with E-state index in [-0.39, 0.29) is 17.2 Å². The molecular weight excluding hydrogens is 324 g/mol. The standard InChI is InChI=1S/C18H26N2O3S/c1-3-19-14-18(9-11-20(12-10-18)24(2,22)23)13-16(17(19)21)15-7-5-4-6-8-15/h4-8,16H,3,9-14H2,1-2H3. The van der Waals surface area contributed by atoms with Crippen LogP contribution in [0.1, 0.15) is 37.7 Å². The summed E-state index contributed by atoms with van der Waals surface area (Å²) in [5.74, 6) is 0.101. The van der Waals surface area contributed by atoms with Gasteiger partial charge in [-0.2, -0.15) is 0 Å². The predicted molar refractivity (Wildman–Crippen MR) is 94.1 cm³/mol. The van der Waals surface area contributed by atoms with Gasteiger partial charge < -0.3 is 4.90 Å². The Labute approximate surface area is 144 Å². The second-order valence-corrected chi connectivity index (χ2v) is 9.16. The van der Waals surface area contributed by atoms with Gasteiger partial charge in [-0.25, -0.2) is 12.7 Å². The normalized spacial score (nSPS) is 25.2. The molecule has 2 fully saturated rings. The van der Waals surface area contributed by atoms with Gasteiger partial charge in [-0.3, -0.25) is 4.79 Å². The lowest BCUT2D eigenvalue weighted by molar-refractivity contribution is -0.141. The lowest BCUT2D eigenvalue weighted by Gasteiger charge is -2.49. The molecule has 0 radical (unpaired) electrons. The molecule has 1 atom stereocenters. The van der Waals surface area contributed by atoms with E-state index < -0.39 is 10.0 Å². The van der Waals surface area contributed by atoms with Crippen molar-refractivity contribution in [1.29, 1.82) is 0 Å². The zero-order valence-corrected chi connectivity index (χ0v) is 15.3. The number of benzene rings is 1. The van der Waals surface area contributed by atoms with Crippen LogP contribution >= 0.6 is 0 Å². The van der Waals surface area contributed by atoms with Crippen LogP contribution in [-0.2, 0) is 14.8 Å². The molecular formula is C18H26N2O3S. The minimum absolute atomic E-state index is 0.0334. The van der Waals surface area contributed by atoms with Crippen LogP contribution in [0, 0.1) is 5.41 Å². The lowest BCUT2D eigenvalue weighted by atomic mass is 9.68. The van der Waals surface area contributed by atoms with Crippen LogP contribution in [0.25, 0.3) is 0 Å². The maximum atomic E-state index is 12.8. The Balaban J connectivity index is 1.84.